The van der Waals surface area contributed by atoms with Gasteiger partial charge in [0.1, 0.15) is 5.82 Å². The first-order chi connectivity index (χ1) is 6.96. The molecule has 0 aromatic rings. The molecule has 6 heteroatoms. The Labute approximate surface area is 92.1 Å². The smallest absolute Gasteiger partial charge is 0.365 e. The number of carbonyl (C=O) groups excluding carboxylic acids is 1. The van der Waals surface area contributed by atoms with Crippen molar-refractivity contribution >= 4 is 5.78 Å². The van der Waals surface area contributed by atoms with Crippen LogP contribution in [0.25, 0.3) is 0 Å². The van der Waals surface area contributed by atoms with Crippen molar-refractivity contribution in [3.05, 3.63) is 11.9 Å². The van der Waals surface area contributed by atoms with Crippen molar-refractivity contribution in [2.75, 3.05) is 0 Å². The van der Waals surface area contributed by atoms with E-state index in [1.807, 2.05) is 27.7 Å². The molecule has 1 heterocycles. The fourth-order valence-corrected chi connectivity index (χ4v) is 1.30. The molecule has 92 valence electrons. The minimum atomic E-state index is -4.83. The Morgan fingerprint density at radius 3 is 1.81 bits per heavy atom. The Kier molecular flexibility index (Phi) is 2.73. The lowest BCUT2D eigenvalue weighted by atomic mass is 9.85. The number of rotatable bonds is 1. The van der Waals surface area contributed by atoms with E-state index in [0.29, 0.717) is 6.08 Å². The highest BCUT2D eigenvalue weighted by Gasteiger charge is 2.45. The van der Waals surface area contributed by atoms with E-state index in [0.717, 1.165) is 0 Å². The van der Waals surface area contributed by atoms with Gasteiger partial charge in [0.2, 0.25) is 0 Å². The van der Waals surface area contributed by atoms with Crippen LogP contribution in [0.1, 0.15) is 27.7 Å². The summed E-state index contributed by atoms with van der Waals surface area (Å²) < 4.78 is 36.1. The molecule has 1 rings (SSSR count). The second kappa shape index (κ2) is 3.40. The standard InChI is InChI=1S/C10H15F3N2O/c1-8(2)9(3,4)15-7(14-8)5-6(16)10(11,12)13/h5,14-15H,1-4H3. The first-order valence-electron chi connectivity index (χ1n) is 4.85. The highest BCUT2D eigenvalue weighted by Crippen LogP contribution is 2.29. The van der Waals surface area contributed by atoms with Crippen molar-refractivity contribution in [1.29, 1.82) is 0 Å². The van der Waals surface area contributed by atoms with Crippen LogP contribution < -0.4 is 10.6 Å². The number of nitrogens with one attached hydrogen (secondary N) is 2. The molecule has 1 aliphatic rings. The first-order valence-corrected chi connectivity index (χ1v) is 4.85. The van der Waals surface area contributed by atoms with Gasteiger partial charge in [-0.15, -0.1) is 0 Å². The fourth-order valence-electron chi connectivity index (χ4n) is 1.30. The van der Waals surface area contributed by atoms with E-state index in [9.17, 15) is 18.0 Å². The average molecular weight is 236 g/mol. The van der Waals surface area contributed by atoms with E-state index < -0.39 is 23.0 Å². The Bertz CT molecular complexity index is 324. The first kappa shape index (κ1) is 12.9. The quantitative estimate of drug-likeness (QED) is 0.681. The van der Waals surface area contributed by atoms with Gasteiger partial charge in [-0.1, -0.05) is 0 Å². The van der Waals surface area contributed by atoms with Gasteiger partial charge in [0, 0.05) is 6.08 Å². The lowest BCUT2D eigenvalue weighted by molar-refractivity contribution is -0.165. The van der Waals surface area contributed by atoms with Gasteiger partial charge in [0.25, 0.3) is 5.78 Å². The fraction of sp³-hybridized carbons (Fsp3) is 0.700. The molecular formula is C10H15F3N2O. The van der Waals surface area contributed by atoms with Crippen LogP contribution in [0, 0.1) is 0 Å². The number of halogens is 3. The molecule has 0 amide bonds. The minimum Gasteiger partial charge on any atom is -0.365 e. The molecule has 0 aromatic carbocycles. The van der Waals surface area contributed by atoms with Gasteiger partial charge in [0.15, 0.2) is 0 Å². The summed E-state index contributed by atoms with van der Waals surface area (Å²) in [5, 5.41) is 5.71. The molecule has 0 saturated carbocycles. The van der Waals surface area contributed by atoms with Crippen molar-refractivity contribution < 1.29 is 18.0 Å². The van der Waals surface area contributed by atoms with Crippen LogP contribution in [-0.4, -0.2) is 23.0 Å². The van der Waals surface area contributed by atoms with Crippen LogP contribution in [0.3, 0.4) is 0 Å². The van der Waals surface area contributed by atoms with Gasteiger partial charge < -0.3 is 10.6 Å². The SMILES string of the molecule is CC1(C)NC(=CC(=O)C(F)(F)F)NC1(C)C. The third kappa shape index (κ3) is 2.31. The normalized spacial score (nSPS) is 22.3. The van der Waals surface area contributed by atoms with E-state index in [1.54, 1.807) is 0 Å². The molecule has 0 spiro atoms. The van der Waals surface area contributed by atoms with Crippen LogP contribution in [0.15, 0.2) is 11.9 Å². The number of hydrogen-bond acceptors (Lipinski definition) is 3. The molecule has 16 heavy (non-hydrogen) atoms. The summed E-state index contributed by atoms with van der Waals surface area (Å²) in [6, 6.07) is 0. The second-order valence-electron chi connectivity index (χ2n) is 4.92. The zero-order valence-electron chi connectivity index (χ0n) is 9.62. The van der Waals surface area contributed by atoms with E-state index in [1.165, 1.54) is 0 Å². The molecule has 0 radical (unpaired) electrons. The molecular weight excluding hydrogens is 221 g/mol. The molecule has 1 aliphatic heterocycles. The summed E-state index contributed by atoms with van der Waals surface area (Å²) in [5.74, 6) is -1.76. The predicted molar refractivity (Wildman–Crippen MR) is 53.6 cm³/mol. The number of ketones is 1. The monoisotopic (exact) mass is 236 g/mol. The minimum absolute atomic E-state index is 0.109. The number of allylic oxidation sites excluding steroid dienone is 1. The number of hydrogen-bond donors (Lipinski definition) is 2. The molecule has 0 atom stereocenters. The highest BCUT2D eigenvalue weighted by atomic mass is 19.4. The summed E-state index contributed by atoms with van der Waals surface area (Å²) in [7, 11) is 0. The molecule has 1 saturated heterocycles. The van der Waals surface area contributed by atoms with Crippen LogP contribution in [0.4, 0.5) is 13.2 Å². The zero-order chi connectivity index (χ0) is 12.8. The molecule has 3 nitrogen and oxygen atoms in total. The zero-order valence-corrected chi connectivity index (χ0v) is 9.62. The van der Waals surface area contributed by atoms with E-state index in [-0.39, 0.29) is 5.82 Å². The topological polar surface area (TPSA) is 41.1 Å². The van der Waals surface area contributed by atoms with Gasteiger partial charge in [-0.3, -0.25) is 4.79 Å². The maximum atomic E-state index is 12.0. The summed E-state index contributed by atoms with van der Waals surface area (Å²) in [5.41, 5.74) is -0.852. The summed E-state index contributed by atoms with van der Waals surface area (Å²) >= 11 is 0. The van der Waals surface area contributed by atoms with Crippen molar-refractivity contribution in [2.24, 2.45) is 0 Å². The van der Waals surface area contributed by atoms with Gasteiger partial charge in [-0.2, -0.15) is 13.2 Å². The number of carbonyl (C=O) groups is 1. The van der Waals surface area contributed by atoms with Gasteiger partial charge in [-0.25, -0.2) is 0 Å². The third-order valence-electron chi connectivity index (χ3n) is 3.01. The van der Waals surface area contributed by atoms with E-state index >= 15 is 0 Å². The Morgan fingerprint density at radius 1 is 1.12 bits per heavy atom. The lowest BCUT2D eigenvalue weighted by Crippen LogP contribution is -2.51. The van der Waals surface area contributed by atoms with Gasteiger partial charge >= 0.3 is 6.18 Å². The van der Waals surface area contributed by atoms with Crippen LogP contribution >= 0.6 is 0 Å². The van der Waals surface area contributed by atoms with Crippen molar-refractivity contribution in [2.45, 2.75) is 44.9 Å². The number of alkyl halides is 3. The van der Waals surface area contributed by atoms with Crippen molar-refractivity contribution in [3.8, 4) is 0 Å². The van der Waals surface area contributed by atoms with E-state index in [4.69, 9.17) is 0 Å². The Morgan fingerprint density at radius 2 is 1.50 bits per heavy atom. The highest BCUT2D eigenvalue weighted by molar-refractivity contribution is 5.94. The predicted octanol–water partition coefficient (Wildman–Crippen LogP) is 1.71. The molecule has 0 bridgehead atoms. The van der Waals surface area contributed by atoms with Crippen LogP contribution in [-0.2, 0) is 4.79 Å². The van der Waals surface area contributed by atoms with E-state index in [2.05, 4.69) is 10.6 Å². The molecule has 0 aliphatic carbocycles. The summed E-state index contributed by atoms with van der Waals surface area (Å²) in [4.78, 5) is 10.8. The summed E-state index contributed by atoms with van der Waals surface area (Å²) in [6.07, 6.45) is -4.27. The van der Waals surface area contributed by atoms with Gasteiger partial charge in [-0.05, 0) is 27.7 Å². The molecule has 0 unspecified atom stereocenters. The maximum Gasteiger partial charge on any atom is 0.454 e. The van der Waals surface area contributed by atoms with Crippen LogP contribution in [0.2, 0.25) is 0 Å². The van der Waals surface area contributed by atoms with Crippen LogP contribution in [0.5, 0.6) is 0 Å². The lowest BCUT2D eigenvalue weighted by Gasteiger charge is -2.33. The third-order valence-corrected chi connectivity index (χ3v) is 3.01. The molecule has 1 fully saturated rings. The summed E-state index contributed by atoms with van der Waals surface area (Å²) in [6.45, 7) is 7.38. The van der Waals surface area contributed by atoms with Crippen molar-refractivity contribution in [1.82, 2.24) is 10.6 Å². The van der Waals surface area contributed by atoms with Gasteiger partial charge in [0.05, 0.1) is 11.1 Å². The Hall–Kier alpha value is -1.20. The molecule has 0 aromatic heterocycles. The maximum absolute atomic E-state index is 12.0. The van der Waals surface area contributed by atoms with Crippen molar-refractivity contribution in [3.63, 3.8) is 0 Å². The largest absolute Gasteiger partial charge is 0.454 e. The second-order valence-corrected chi connectivity index (χ2v) is 4.92. The Balaban J connectivity index is 2.89. The molecule has 2 N–H and O–H groups in total. The average Bonchev–Trinajstić information content (AvgIpc) is 2.17.